The van der Waals surface area contributed by atoms with Crippen LogP contribution in [0.4, 0.5) is 0 Å². The first-order valence-corrected chi connectivity index (χ1v) is 4.98. The van der Waals surface area contributed by atoms with Crippen molar-refractivity contribution in [2.45, 2.75) is 40.2 Å². The van der Waals surface area contributed by atoms with E-state index in [0.717, 1.165) is 13.0 Å². The highest BCUT2D eigenvalue weighted by Gasteiger charge is 2.16. The van der Waals surface area contributed by atoms with Gasteiger partial charge in [0.05, 0.1) is 6.04 Å². The predicted octanol–water partition coefficient (Wildman–Crippen LogP) is 1.13. The quantitative estimate of drug-likeness (QED) is 0.676. The van der Waals surface area contributed by atoms with Crippen LogP contribution in [0.2, 0.25) is 0 Å². The summed E-state index contributed by atoms with van der Waals surface area (Å²) in [5, 5.41) is 2.83. The maximum Gasteiger partial charge on any atom is 0.237 e. The minimum atomic E-state index is -0.368. The first kappa shape index (κ1) is 12.4. The fourth-order valence-electron chi connectivity index (χ4n) is 0.905. The second-order valence-electron chi connectivity index (χ2n) is 4.24. The Balaban J connectivity index is 3.62. The minimum Gasteiger partial charge on any atom is -0.355 e. The number of nitrogens with one attached hydrogen (secondary N) is 1. The van der Waals surface area contributed by atoms with Gasteiger partial charge in [0.2, 0.25) is 5.91 Å². The molecule has 0 aliphatic carbocycles. The smallest absolute Gasteiger partial charge is 0.237 e. The summed E-state index contributed by atoms with van der Waals surface area (Å²) in [6.07, 6.45) is 1.01. The number of rotatable bonds is 5. The van der Waals surface area contributed by atoms with E-state index in [1.54, 1.807) is 0 Å². The van der Waals surface area contributed by atoms with Crippen molar-refractivity contribution in [1.82, 2.24) is 5.32 Å². The van der Waals surface area contributed by atoms with E-state index in [-0.39, 0.29) is 17.9 Å². The maximum atomic E-state index is 11.3. The second kappa shape index (κ2) is 5.97. The summed E-state index contributed by atoms with van der Waals surface area (Å²) < 4.78 is 0. The van der Waals surface area contributed by atoms with Crippen LogP contribution in [0.5, 0.6) is 0 Å². The van der Waals surface area contributed by atoms with Crippen LogP contribution in [0.3, 0.4) is 0 Å². The molecule has 0 fully saturated rings. The number of nitrogens with two attached hydrogens (primary N) is 1. The van der Waals surface area contributed by atoms with Crippen molar-refractivity contribution in [3.63, 3.8) is 0 Å². The second-order valence-corrected chi connectivity index (χ2v) is 4.24. The zero-order valence-corrected chi connectivity index (χ0v) is 9.13. The molecule has 13 heavy (non-hydrogen) atoms. The molecule has 0 saturated heterocycles. The molecule has 3 heteroatoms. The monoisotopic (exact) mass is 186 g/mol. The Morgan fingerprint density at radius 3 is 2.23 bits per heavy atom. The summed E-state index contributed by atoms with van der Waals surface area (Å²) in [5.74, 6) is 0.797. The Bertz CT molecular complexity index is 155. The number of carbonyl (C=O) groups excluding carboxylic acids is 1. The molecule has 0 heterocycles. The summed E-state index contributed by atoms with van der Waals surface area (Å²) in [6.45, 7) is 8.90. The van der Waals surface area contributed by atoms with Gasteiger partial charge in [0.1, 0.15) is 0 Å². The zero-order chi connectivity index (χ0) is 10.4. The highest BCUT2D eigenvalue weighted by atomic mass is 16.2. The summed E-state index contributed by atoms with van der Waals surface area (Å²) in [6, 6.07) is -0.368. The van der Waals surface area contributed by atoms with Gasteiger partial charge in [0.25, 0.3) is 0 Å². The summed E-state index contributed by atoms with van der Waals surface area (Å²) >= 11 is 0. The Morgan fingerprint density at radius 2 is 1.85 bits per heavy atom. The lowest BCUT2D eigenvalue weighted by atomic mass is 10.0. The Morgan fingerprint density at radius 1 is 1.31 bits per heavy atom. The van der Waals surface area contributed by atoms with Crippen molar-refractivity contribution in [2.24, 2.45) is 17.6 Å². The van der Waals surface area contributed by atoms with E-state index in [4.69, 9.17) is 5.73 Å². The zero-order valence-electron chi connectivity index (χ0n) is 9.13. The van der Waals surface area contributed by atoms with Gasteiger partial charge in [0.15, 0.2) is 0 Å². The lowest BCUT2D eigenvalue weighted by Gasteiger charge is -2.15. The minimum absolute atomic E-state index is 0.0318. The van der Waals surface area contributed by atoms with Crippen molar-refractivity contribution in [3.8, 4) is 0 Å². The molecule has 0 aliphatic rings. The molecule has 3 nitrogen and oxygen atoms in total. The number of hydrogen-bond acceptors (Lipinski definition) is 2. The molecule has 0 bridgehead atoms. The Hall–Kier alpha value is -0.570. The average molecular weight is 186 g/mol. The summed E-state index contributed by atoms with van der Waals surface area (Å²) in [4.78, 5) is 11.3. The highest BCUT2D eigenvalue weighted by Crippen LogP contribution is 1.99. The van der Waals surface area contributed by atoms with Crippen LogP contribution in [-0.4, -0.2) is 18.5 Å². The van der Waals surface area contributed by atoms with Crippen molar-refractivity contribution in [3.05, 3.63) is 0 Å². The number of amides is 1. The molecule has 3 N–H and O–H groups in total. The number of hydrogen-bond donors (Lipinski definition) is 2. The molecule has 0 radical (unpaired) electrons. The average Bonchev–Trinajstić information content (AvgIpc) is 2.02. The molecule has 0 saturated carbocycles. The van der Waals surface area contributed by atoms with E-state index in [1.807, 2.05) is 13.8 Å². The molecule has 0 aromatic carbocycles. The van der Waals surface area contributed by atoms with Crippen molar-refractivity contribution in [1.29, 1.82) is 0 Å². The predicted molar refractivity (Wildman–Crippen MR) is 55.3 cm³/mol. The summed E-state index contributed by atoms with van der Waals surface area (Å²) in [5.41, 5.74) is 5.66. The summed E-state index contributed by atoms with van der Waals surface area (Å²) in [7, 11) is 0. The van der Waals surface area contributed by atoms with Gasteiger partial charge in [-0.1, -0.05) is 27.7 Å². The third-order valence-corrected chi connectivity index (χ3v) is 2.04. The van der Waals surface area contributed by atoms with E-state index in [0.29, 0.717) is 5.92 Å². The molecule has 1 atom stereocenters. The van der Waals surface area contributed by atoms with E-state index in [2.05, 4.69) is 19.2 Å². The lowest BCUT2D eigenvalue weighted by molar-refractivity contribution is -0.123. The standard InChI is InChI=1S/C10H22N2O/c1-7(2)5-6-12-10(13)9(11)8(3)4/h7-9H,5-6,11H2,1-4H3,(H,12,13)/t9-/m1/s1. The van der Waals surface area contributed by atoms with Gasteiger partial charge >= 0.3 is 0 Å². The van der Waals surface area contributed by atoms with Gasteiger partial charge < -0.3 is 11.1 Å². The fraction of sp³-hybridized carbons (Fsp3) is 0.900. The SMILES string of the molecule is CC(C)CCNC(=O)[C@H](N)C(C)C. The topological polar surface area (TPSA) is 55.1 Å². The molecule has 1 amide bonds. The molecular formula is C10H22N2O. The molecule has 0 aliphatic heterocycles. The molecule has 0 aromatic rings. The maximum absolute atomic E-state index is 11.3. The Kier molecular flexibility index (Phi) is 5.71. The van der Waals surface area contributed by atoms with Gasteiger partial charge in [-0.05, 0) is 18.3 Å². The third-order valence-electron chi connectivity index (χ3n) is 2.04. The van der Waals surface area contributed by atoms with E-state index in [9.17, 15) is 4.79 Å². The van der Waals surface area contributed by atoms with Crippen LogP contribution >= 0.6 is 0 Å². The van der Waals surface area contributed by atoms with Crippen LogP contribution in [0.25, 0.3) is 0 Å². The fourth-order valence-corrected chi connectivity index (χ4v) is 0.905. The van der Waals surface area contributed by atoms with Crippen LogP contribution in [0, 0.1) is 11.8 Å². The molecule has 78 valence electrons. The molecule has 0 unspecified atom stereocenters. The van der Waals surface area contributed by atoms with Crippen molar-refractivity contribution < 1.29 is 4.79 Å². The normalized spacial score (nSPS) is 13.5. The van der Waals surface area contributed by atoms with Crippen LogP contribution in [-0.2, 0) is 4.79 Å². The van der Waals surface area contributed by atoms with Gasteiger partial charge in [0, 0.05) is 6.54 Å². The van der Waals surface area contributed by atoms with Gasteiger partial charge in [-0.3, -0.25) is 4.79 Å². The first-order chi connectivity index (χ1) is 5.95. The van der Waals surface area contributed by atoms with E-state index >= 15 is 0 Å². The van der Waals surface area contributed by atoms with Crippen LogP contribution in [0.15, 0.2) is 0 Å². The Labute approximate surface area is 81.1 Å². The lowest BCUT2D eigenvalue weighted by Crippen LogP contribution is -2.44. The first-order valence-electron chi connectivity index (χ1n) is 4.98. The molecule has 0 spiro atoms. The van der Waals surface area contributed by atoms with Crippen molar-refractivity contribution >= 4 is 5.91 Å². The van der Waals surface area contributed by atoms with Gasteiger partial charge in [-0.25, -0.2) is 0 Å². The van der Waals surface area contributed by atoms with E-state index in [1.165, 1.54) is 0 Å². The molecule has 0 rings (SSSR count). The third kappa shape index (κ3) is 5.64. The van der Waals surface area contributed by atoms with Crippen LogP contribution < -0.4 is 11.1 Å². The van der Waals surface area contributed by atoms with Gasteiger partial charge in [-0.15, -0.1) is 0 Å². The van der Waals surface area contributed by atoms with E-state index < -0.39 is 0 Å². The highest BCUT2D eigenvalue weighted by molar-refractivity contribution is 5.81. The number of carbonyl (C=O) groups is 1. The molecule has 0 aromatic heterocycles. The van der Waals surface area contributed by atoms with Crippen LogP contribution in [0.1, 0.15) is 34.1 Å². The van der Waals surface area contributed by atoms with Crippen molar-refractivity contribution in [2.75, 3.05) is 6.54 Å². The largest absolute Gasteiger partial charge is 0.355 e. The van der Waals surface area contributed by atoms with Gasteiger partial charge in [-0.2, -0.15) is 0 Å². The molecular weight excluding hydrogens is 164 g/mol.